The molecule has 1 aromatic carbocycles. The molecule has 3 nitrogen and oxygen atoms in total. The van der Waals surface area contributed by atoms with Gasteiger partial charge in [0.25, 0.3) is 0 Å². The highest BCUT2D eigenvalue weighted by atomic mass is 32.1. The van der Waals surface area contributed by atoms with Crippen LogP contribution in [-0.4, -0.2) is 18.5 Å². The second-order valence-corrected chi connectivity index (χ2v) is 5.85. The van der Waals surface area contributed by atoms with Crippen LogP contribution >= 0.6 is 11.3 Å². The van der Waals surface area contributed by atoms with E-state index in [-0.39, 0.29) is 11.9 Å². The third-order valence-electron chi connectivity index (χ3n) is 3.68. The lowest BCUT2D eigenvalue weighted by atomic mass is 10.1. The second-order valence-electron chi connectivity index (χ2n) is 5.07. The normalized spacial score (nSPS) is 18.2. The highest BCUT2D eigenvalue weighted by Crippen LogP contribution is 2.21. The van der Waals surface area contributed by atoms with Crippen LogP contribution in [0.3, 0.4) is 0 Å². The number of carbonyl (C=O) groups is 1. The van der Waals surface area contributed by atoms with Gasteiger partial charge in [-0.15, -0.1) is 0 Å². The van der Waals surface area contributed by atoms with Crippen LogP contribution in [0.2, 0.25) is 0 Å². The predicted molar refractivity (Wildman–Crippen MR) is 83.2 cm³/mol. The fourth-order valence-corrected chi connectivity index (χ4v) is 3.23. The zero-order valence-corrected chi connectivity index (χ0v) is 12.1. The molecule has 20 heavy (non-hydrogen) atoms. The van der Waals surface area contributed by atoms with Crippen LogP contribution in [0.4, 0.5) is 5.69 Å². The molecule has 1 amide bonds. The molecule has 0 aliphatic carbocycles. The summed E-state index contributed by atoms with van der Waals surface area (Å²) in [6.07, 6.45) is 2.76. The molecule has 1 aromatic heterocycles. The average molecular weight is 286 g/mol. The highest BCUT2D eigenvalue weighted by Gasteiger charge is 2.22. The van der Waals surface area contributed by atoms with E-state index in [0.717, 1.165) is 31.5 Å². The molecular weight excluding hydrogens is 268 g/mol. The summed E-state index contributed by atoms with van der Waals surface area (Å²) in [5.74, 6) is 0.0836. The molecule has 1 atom stereocenters. The number of aryl methyl sites for hydroxylation is 1. The van der Waals surface area contributed by atoms with Crippen LogP contribution in [0.15, 0.2) is 41.1 Å². The Hall–Kier alpha value is -1.65. The molecule has 0 bridgehead atoms. The molecule has 0 fully saturated rings. The van der Waals surface area contributed by atoms with Crippen molar-refractivity contribution in [1.29, 1.82) is 0 Å². The molecule has 1 unspecified atom stereocenters. The van der Waals surface area contributed by atoms with Crippen LogP contribution in [0.5, 0.6) is 0 Å². The second kappa shape index (κ2) is 6.20. The first kappa shape index (κ1) is 13.3. The molecule has 4 heteroatoms. The first-order valence-corrected chi connectivity index (χ1v) is 7.90. The number of rotatable bonds is 4. The van der Waals surface area contributed by atoms with Gasteiger partial charge >= 0.3 is 0 Å². The zero-order chi connectivity index (χ0) is 13.8. The third-order valence-corrected chi connectivity index (χ3v) is 4.41. The van der Waals surface area contributed by atoms with Crippen molar-refractivity contribution in [3.8, 4) is 0 Å². The van der Waals surface area contributed by atoms with Crippen molar-refractivity contribution in [1.82, 2.24) is 5.32 Å². The summed E-state index contributed by atoms with van der Waals surface area (Å²) >= 11 is 1.71. The Kier molecular flexibility index (Phi) is 4.14. The third kappa shape index (κ3) is 3.08. The van der Waals surface area contributed by atoms with E-state index in [4.69, 9.17) is 0 Å². The highest BCUT2D eigenvalue weighted by molar-refractivity contribution is 7.07. The van der Waals surface area contributed by atoms with Crippen molar-refractivity contribution in [2.24, 2.45) is 0 Å². The Morgan fingerprint density at radius 3 is 3.05 bits per heavy atom. The molecule has 0 saturated carbocycles. The number of amides is 1. The van der Waals surface area contributed by atoms with Gasteiger partial charge in [-0.1, -0.05) is 18.2 Å². The number of nitrogens with one attached hydrogen (secondary N) is 2. The van der Waals surface area contributed by atoms with E-state index in [1.807, 2.05) is 18.2 Å². The Bertz CT molecular complexity index is 580. The van der Waals surface area contributed by atoms with Gasteiger partial charge in [0.2, 0.25) is 5.91 Å². The fraction of sp³-hybridized carbons (Fsp3) is 0.312. The maximum absolute atomic E-state index is 12.2. The molecule has 1 aliphatic heterocycles. The standard InChI is InChI=1S/C16H18N2OS/c19-16-15(17-9-7-12-8-10-20-11-12)6-5-13-3-1-2-4-14(13)18-16/h1-4,8,10-11,15,17H,5-7,9H2,(H,18,19). The van der Waals surface area contributed by atoms with Gasteiger partial charge < -0.3 is 10.6 Å². The monoisotopic (exact) mass is 286 g/mol. The van der Waals surface area contributed by atoms with Crippen molar-refractivity contribution in [3.63, 3.8) is 0 Å². The Morgan fingerprint density at radius 1 is 1.30 bits per heavy atom. The molecule has 2 heterocycles. The van der Waals surface area contributed by atoms with Crippen molar-refractivity contribution >= 4 is 22.9 Å². The van der Waals surface area contributed by atoms with Gasteiger partial charge in [0.15, 0.2) is 0 Å². The van der Waals surface area contributed by atoms with Gasteiger partial charge in [-0.05, 0) is 59.8 Å². The minimum absolute atomic E-state index is 0.0836. The van der Waals surface area contributed by atoms with Crippen LogP contribution in [-0.2, 0) is 17.6 Å². The van der Waals surface area contributed by atoms with E-state index in [1.54, 1.807) is 11.3 Å². The van der Waals surface area contributed by atoms with Gasteiger partial charge in [0.05, 0.1) is 6.04 Å². The average Bonchev–Trinajstić information content (AvgIpc) is 2.91. The van der Waals surface area contributed by atoms with E-state index in [9.17, 15) is 4.79 Å². The largest absolute Gasteiger partial charge is 0.324 e. The predicted octanol–water partition coefficient (Wildman–Crippen LogP) is 2.83. The number of hydrogen-bond donors (Lipinski definition) is 2. The fourth-order valence-electron chi connectivity index (χ4n) is 2.53. The maximum Gasteiger partial charge on any atom is 0.241 e. The molecule has 2 N–H and O–H groups in total. The van der Waals surface area contributed by atoms with Crippen LogP contribution in [0.25, 0.3) is 0 Å². The van der Waals surface area contributed by atoms with Crippen LogP contribution in [0.1, 0.15) is 17.5 Å². The number of hydrogen-bond acceptors (Lipinski definition) is 3. The Morgan fingerprint density at radius 2 is 2.20 bits per heavy atom. The summed E-state index contributed by atoms with van der Waals surface area (Å²) in [7, 11) is 0. The molecule has 0 spiro atoms. The summed E-state index contributed by atoms with van der Waals surface area (Å²) < 4.78 is 0. The van der Waals surface area contributed by atoms with E-state index in [1.165, 1.54) is 11.1 Å². The van der Waals surface area contributed by atoms with Crippen molar-refractivity contribution in [2.45, 2.75) is 25.3 Å². The zero-order valence-electron chi connectivity index (χ0n) is 11.3. The lowest BCUT2D eigenvalue weighted by Crippen LogP contribution is -2.40. The summed E-state index contributed by atoms with van der Waals surface area (Å²) in [6.45, 7) is 0.838. The molecule has 0 saturated heterocycles. The van der Waals surface area contributed by atoms with E-state index in [0.29, 0.717) is 0 Å². The molecule has 1 aliphatic rings. The van der Waals surface area contributed by atoms with Gasteiger partial charge in [0, 0.05) is 5.69 Å². The van der Waals surface area contributed by atoms with Crippen molar-refractivity contribution in [2.75, 3.05) is 11.9 Å². The molecule has 2 aromatic rings. The van der Waals surface area contributed by atoms with Crippen LogP contribution < -0.4 is 10.6 Å². The first-order valence-electron chi connectivity index (χ1n) is 6.96. The number of anilines is 1. The molecule has 3 rings (SSSR count). The molecular formula is C16H18N2OS. The van der Waals surface area contributed by atoms with E-state index >= 15 is 0 Å². The lowest BCUT2D eigenvalue weighted by Gasteiger charge is -2.14. The molecule has 104 valence electrons. The van der Waals surface area contributed by atoms with Crippen LogP contribution in [0, 0.1) is 0 Å². The quantitative estimate of drug-likeness (QED) is 0.907. The Labute approximate surface area is 123 Å². The SMILES string of the molecule is O=C1Nc2ccccc2CCC1NCCc1ccsc1. The van der Waals surface area contributed by atoms with Crippen molar-refractivity contribution in [3.05, 3.63) is 52.2 Å². The van der Waals surface area contributed by atoms with Gasteiger partial charge in [-0.2, -0.15) is 11.3 Å². The maximum atomic E-state index is 12.2. The summed E-state index contributed by atoms with van der Waals surface area (Å²) in [5, 5.41) is 10.6. The van der Waals surface area contributed by atoms with Gasteiger partial charge in [-0.25, -0.2) is 0 Å². The van der Waals surface area contributed by atoms with Crippen molar-refractivity contribution < 1.29 is 4.79 Å². The minimum Gasteiger partial charge on any atom is -0.324 e. The van der Waals surface area contributed by atoms with E-state index < -0.39 is 0 Å². The number of benzene rings is 1. The summed E-state index contributed by atoms with van der Waals surface area (Å²) in [5.41, 5.74) is 3.52. The van der Waals surface area contributed by atoms with Gasteiger partial charge in [0.1, 0.15) is 0 Å². The molecule has 0 radical (unpaired) electrons. The smallest absolute Gasteiger partial charge is 0.241 e. The number of carbonyl (C=O) groups excluding carboxylic acids is 1. The number of para-hydroxylation sites is 1. The van der Waals surface area contributed by atoms with E-state index in [2.05, 4.69) is 33.5 Å². The lowest BCUT2D eigenvalue weighted by molar-refractivity contribution is -0.118. The number of thiophene rings is 1. The topological polar surface area (TPSA) is 41.1 Å². The summed E-state index contributed by atoms with van der Waals surface area (Å²) in [6, 6.07) is 10.1. The van der Waals surface area contributed by atoms with Gasteiger partial charge in [-0.3, -0.25) is 4.79 Å². The minimum atomic E-state index is -0.0963. The Balaban J connectivity index is 1.57. The summed E-state index contributed by atoms with van der Waals surface area (Å²) in [4.78, 5) is 12.2. The number of fused-ring (bicyclic) bond motifs is 1. The first-order chi connectivity index (χ1) is 9.83.